The Morgan fingerprint density at radius 2 is 2.07 bits per heavy atom. The predicted molar refractivity (Wildman–Crippen MR) is 63.9 cm³/mol. The molecule has 1 N–H and O–H groups in total. The summed E-state index contributed by atoms with van der Waals surface area (Å²) in [6.45, 7) is 3.92. The number of halogens is 1. The summed E-state index contributed by atoms with van der Waals surface area (Å²) >= 11 is 3.32. The van der Waals surface area contributed by atoms with Crippen molar-refractivity contribution in [1.29, 1.82) is 0 Å². The molecule has 15 heavy (non-hydrogen) atoms. The number of hydrogen-bond donors (Lipinski definition) is 1. The second-order valence-electron chi connectivity index (χ2n) is 4.26. The Bertz CT molecular complexity index is 508. The van der Waals surface area contributed by atoms with Gasteiger partial charge in [-0.3, -0.25) is 0 Å². The highest BCUT2D eigenvalue weighted by Crippen LogP contribution is 2.36. The monoisotopic (exact) mass is 289 g/mol. The van der Waals surface area contributed by atoms with Crippen molar-refractivity contribution in [3.8, 4) is 0 Å². The number of benzene rings is 1. The van der Waals surface area contributed by atoms with Crippen molar-refractivity contribution in [2.24, 2.45) is 0 Å². The third-order valence-electron chi connectivity index (χ3n) is 2.66. The molecule has 82 valence electrons. The fourth-order valence-corrected chi connectivity index (χ4v) is 3.46. The first kappa shape index (κ1) is 11.0. The average Bonchev–Trinajstić information content (AvgIpc) is 2.12. The highest BCUT2D eigenvalue weighted by Gasteiger charge is 2.40. The smallest absolute Gasteiger partial charge is 0.187 e. The quantitative estimate of drug-likeness (QED) is 0.798. The van der Waals surface area contributed by atoms with Crippen molar-refractivity contribution in [3.05, 3.63) is 22.7 Å². The van der Waals surface area contributed by atoms with Crippen molar-refractivity contribution in [2.45, 2.75) is 23.5 Å². The minimum atomic E-state index is -3.22. The molecule has 0 amide bonds. The summed E-state index contributed by atoms with van der Waals surface area (Å²) in [5.41, 5.74) is 0.684. The normalized spacial score (nSPS) is 21.5. The lowest BCUT2D eigenvalue weighted by Gasteiger charge is -2.32. The Balaban J connectivity index is 2.69. The van der Waals surface area contributed by atoms with E-state index in [1.165, 1.54) is 0 Å². The van der Waals surface area contributed by atoms with Crippen LogP contribution >= 0.6 is 15.9 Å². The van der Waals surface area contributed by atoms with Gasteiger partial charge in [-0.15, -0.1) is 0 Å². The Morgan fingerprint density at radius 1 is 1.40 bits per heavy atom. The van der Waals surface area contributed by atoms with E-state index in [0.29, 0.717) is 17.1 Å². The fraction of sp³-hybridized carbons (Fsp3) is 0.400. The second-order valence-corrected chi connectivity index (χ2v) is 7.72. The Labute approximate surface area is 97.9 Å². The van der Waals surface area contributed by atoms with Gasteiger partial charge in [0.1, 0.15) is 0 Å². The summed E-state index contributed by atoms with van der Waals surface area (Å²) in [7, 11) is -3.22. The van der Waals surface area contributed by atoms with Crippen molar-refractivity contribution in [2.75, 3.05) is 11.9 Å². The molecule has 0 atom stereocenters. The van der Waals surface area contributed by atoms with E-state index in [1.807, 2.05) is 0 Å². The molecule has 2 rings (SSSR count). The van der Waals surface area contributed by atoms with Crippen LogP contribution in [0.15, 0.2) is 27.6 Å². The third-order valence-corrected chi connectivity index (χ3v) is 5.69. The van der Waals surface area contributed by atoms with Gasteiger partial charge >= 0.3 is 0 Å². The summed E-state index contributed by atoms with van der Waals surface area (Å²) in [6, 6.07) is 5.18. The van der Waals surface area contributed by atoms with E-state index < -0.39 is 14.6 Å². The Kier molecular flexibility index (Phi) is 2.35. The largest absolute Gasteiger partial charge is 0.382 e. The minimum absolute atomic E-state index is 0.391. The Hall–Kier alpha value is -0.550. The van der Waals surface area contributed by atoms with Crippen LogP contribution in [0.25, 0.3) is 0 Å². The molecule has 1 aliphatic heterocycles. The summed E-state index contributed by atoms with van der Waals surface area (Å²) < 4.78 is 24.5. The van der Waals surface area contributed by atoms with Crippen LogP contribution in [-0.4, -0.2) is 19.7 Å². The third kappa shape index (κ3) is 1.58. The second kappa shape index (κ2) is 3.22. The molecule has 0 radical (unpaired) electrons. The van der Waals surface area contributed by atoms with Crippen LogP contribution in [0.2, 0.25) is 0 Å². The maximum absolute atomic E-state index is 12.2. The molecule has 1 aliphatic rings. The van der Waals surface area contributed by atoms with Gasteiger partial charge in [-0.2, -0.15) is 0 Å². The van der Waals surface area contributed by atoms with Gasteiger partial charge in [0.2, 0.25) is 0 Å². The summed E-state index contributed by atoms with van der Waals surface area (Å²) in [5, 5.41) is 3.14. The van der Waals surface area contributed by atoms with E-state index in [2.05, 4.69) is 21.2 Å². The van der Waals surface area contributed by atoms with Crippen LogP contribution < -0.4 is 5.32 Å². The SMILES string of the molecule is CC1(C)CNc2cc(Br)ccc2S1(=O)=O. The molecule has 0 aromatic heterocycles. The van der Waals surface area contributed by atoms with E-state index in [1.54, 1.807) is 32.0 Å². The van der Waals surface area contributed by atoms with Gasteiger partial charge < -0.3 is 5.32 Å². The molecule has 1 aromatic rings. The molecule has 0 spiro atoms. The van der Waals surface area contributed by atoms with E-state index in [9.17, 15) is 8.42 Å². The first-order valence-corrected chi connectivity index (χ1v) is 6.90. The van der Waals surface area contributed by atoms with E-state index >= 15 is 0 Å². The lowest BCUT2D eigenvalue weighted by Crippen LogP contribution is -2.42. The van der Waals surface area contributed by atoms with Gasteiger partial charge in [0.25, 0.3) is 0 Å². The van der Waals surface area contributed by atoms with Crippen molar-refractivity contribution in [1.82, 2.24) is 0 Å². The molecule has 0 aliphatic carbocycles. The van der Waals surface area contributed by atoms with E-state index in [-0.39, 0.29) is 0 Å². The number of hydrogen-bond acceptors (Lipinski definition) is 3. The molecule has 0 saturated carbocycles. The number of nitrogens with one attached hydrogen (secondary N) is 1. The van der Waals surface area contributed by atoms with Crippen LogP contribution in [0.1, 0.15) is 13.8 Å². The molecule has 5 heteroatoms. The van der Waals surface area contributed by atoms with Gasteiger partial charge in [0.15, 0.2) is 9.84 Å². The highest BCUT2D eigenvalue weighted by molar-refractivity contribution is 9.10. The molecule has 0 saturated heterocycles. The number of anilines is 1. The topological polar surface area (TPSA) is 46.2 Å². The highest BCUT2D eigenvalue weighted by atomic mass is 79.9. The molecule has 0 fully saturated rings. The molecular weight excluding hydrogens is 278 g/mol. The van der Waals surface area contributed by atoms with Gasteiger partial charge in [-0.25, -0.2) is 8.42 Å². The molecule has 1 aromatic carbocycles. The van der Waals surface area contributed by atoms with Crippen molar-refractivity contribution >= 4 is 31.5 Å². The summed E-state index contributed by atoms with van der Waals surface area (Å²) in [4.78, 5) is 0.391. The number of fused-ring (bicyclic) bond motifs is 1. The standard InChI is InChI=1S/C10H12BrNO2S/c1-10(2)6-12-8-5-7(11)3-4-9(8)15(10,13)14/h3-5,12H,6H2,1-2H3. The lowest BCUT2D eigenvalue weighted by molar-refractivity contribution is 0.548. The zero-order valence-corrected chi connectivity index (χ0v) is 10.9. The summed E-state index contributed by atoms with van der Waals surface area (Å²) in [6.07, 6.45) is 0. The molecular formula is C10H12BrNO2S. The minimum Gasteiger partial charge on any atom is -0.382 e. The van der Waals surface area contributed by atoms with Crippen LogP contribution in [0.3, 0.4) is 0 Å². The van der Waals surface area contributed by atoms with Gasteiger partial charge in [0.05, 0.1) is 15.3 Å². The number of sulfone groups is 1. The zero-order valence-electron chi connectivity index (χ0n) is 8.54. The zero-order chi connectivity index (χ0) is 11.3. The van der Waals surface area contributed by atoms with Crippen LogP contribution in [0.4, 0.5) is 5.69 Å². The van der Waals surface area contributed by atoms with Crippen molar-refractivity contribution in [3.63, 3.8) is 0 Å². The number of rotatable bonds is 0. The maximum atomic E-state index is 12.2. The summed E-state index contributed by atoms with van der Waals surface area (Å²) in [5.74, 6) is 0. The van der Waals surface area contributed by atoms with E-state index in [4.69, 9.17) is 0 Å². The van der Waals surface area contributed by atoms with Crippen molar-refractivity contribution < 1.29 is 8.42 Å². The predicted octanol–water partition coefficient (Wildman–Crippen LogP) is 2.43. The first-order valence-electron chi connectivity index (χ1n) is 4.63. The Morgan fingerprint density at radius 3 is 2.73 bits per heavy atom. The fourth-order valence-electron chi connectivity index (χ4n) is 1.58. The van der Waals surface area contributed by atoms with Crippen LogP contribution in [0.5, 0.6) is 0 Å². The van der Waals surface area contributed by atoms with Crippen LogP contribution in [0, 0.1) is 0 Å². The molecule has 0 bridgehead atoms. The van der Waals surface area contributed by atoms with Gasteiger partial charge in [-0.1, -0.05) is 15.9 Å². The molecule has 1 heterocycles. The average molecular weight is 290 g/mol. The van der Waals surface area contributed by atoms with E-state index in [0.717, 1.165) is 4.47 Å². The van der Waals surface area contributed by atoms with Gasteiger partial charge in [0, 0.05) is 11.0 Å². The first-order chi connectivity index (χ1) is 6.84. The molecule has 0 unspecified atom stereocenters. The van der Waals surface area contributed by atoms with Crippen LogP contribution in [-0.2, 0) is 9.84 Å². The lowest BCUT2D eigenvalue weighted by atomic mass is 10.2. The maximum Gasteiger partial charge on any atom is 0.187 e. The van der Waals surface area contributed by atoms with Gasteiger partial charge in [-0.05, 0) is 32.0 Å². The molecule has 3 nitrogen and oxygen atoms in total.